The molecule has 4 atom stereocenters. The van der Waals surface area contributed by atoms with Crippen molar-refractivity contribution in [2.45, 2.75) is 64.5 Å². The van der Waals surface area contributed by atoms with E-state index in [1.807, 2.05) is 0 Å². The molecule has 1 amide bonds. The fourth-order valence-corrected chi connectivity index (χ4v) is 3.28. The Morgan fingerprint density at radius 3 is 2.56 bits per heavy atom. The first kappa shape index (κ1) is 15.8. The molecule has 0 radical (unpaired) electrons. The minimum Gasteiger partial charge on any atom is -0.339 e. The summed E-state index contributed by atoms with van der Waals surface area (Å²) in [5.74, 6) is 1.23. The van der Waals surface area contributed by atoms with Crippen LogP contribution in [0.1, 0.15) is 52.4 Å². The largest absolute Gasteiger partial charge is 0.339 e. The minimum atomic E-state index is 0. The van der Waals surface area contributed by atoms with Gasteiger partial charge in [-0.05, 0) is 44.9 Å². The van der Waals surface area contributed by atoms with Gasteiger partial charge in [0.2, 0.25) is 5.91 Å². The number of nitrogens with two attached hydrogens (primary N) is 1. The topological polar surface area (TPSA) is 46.3 Å². The second-order valence-corrected chi connectivity index (χ2v) is 6.15. The summed E-state index contributed by atoms with van der Waals surface area (Å²) in [4.78, 5) is 14.6. The summed E-state index contributed by atoms with van der Waals surface area (Å²) in [6.45, 7) is 5.39. The van der Waals surface area contributed by atoms with E-state index < -0.39 is 0 Å². The van der Waals surface area contributed by atoms with Gasteiger partial charge in [-0.2, -0.15) is 0 Å². The third-order valence-electron chi connectivity index (χ3n) is 4.46. The number of nitrogens with zero attached hydrogens (tertiary/aromatic N) is 1. The number of piperidine rings is 1. The van der Waals surface area contributed by atoms with Gasteiger partial charge < -0.3 is 10.6 Å². The van der Waals surface area contributed by atoms with E-state index in [0.717, 1.165) is 38.6 Å². The Labute approximate surface area is 117 Å². The average Bonchev–Trinajstić information content (AvgIpc) is 2.31. The molecule has 1 saturated carbocycles. The molecule has 3 nitrogen and oxygen atoms in total. The maximum absolute atomic E-state index is 12.5. The number of hydrogen-bond acceptors (Lipinski definition) is 2. The van der Waals surface area contributed by atoms with Crippen molar-refractivity contribution in [1.82, 2.24) is 4.90 Å². The first-order valence-corrected chi connectivity index (χ1v) is 7.14. The first-order valence-electron chi connectivity index (χ1n) is 7.14. The van der Waals surface area contributed by atoms with Gasteiger partial charge in [0.25, 0.3) is 0 Å². The molecule has 0 aromatic heterocycles. The lowest BCUT2D eigenvalue weighted by Crippen LogP contribution is -2.49. The van der Waals surface area contributed by atoms with E-state index in [9.17, 15) is 4.79 Å². The van der Waals surface area contributed by atoms with Crippen LogP contribution in [0.3, 0.4) is 0 Å². The Kier molecular flexibility index (Phi) is 5.93. The summed E-state index contributed by atoms with van der Waals surface area (Å²) in [7, 11) is 0. The van der Waals surface area contributed by atoms with Crippen LogP contribution in [-0.2, 0) is 4.79 Å². The van der Waals surface area contributed by atoms with Crippen molar-refractivity contribution < 1.29 is 4.79 Å². The maximum Gasteiger partial charge on any atom is 0.225 e. The fraction of sp³-hybridized carbons (Fsp3) is 0.929. The molecule has 4 unspecified atom stereocenters. The van der Waals surface area contributed by atoms with Gasteiger partial charge in [-0.3, -0.25) is 4.79 Å². The van der Waals surface area contributed by atoms with Crippen molar-refractivity contribution in [3.63, 3.8) is 0 Å². The SMILES string of the molecule is CC1CCC(C)N(C(=O)C2CCCC(N)C2)C1.Cl. The van der Waals surface area contributed by atoms with Crippen molar-refractivity contribution in [1.29, 1.82) is 0 Å². The van der Waals surface area contributed by atoms with Crippen molar-refractivity contribution in [2.75, 3.05) is 6.54 Å². The first-order chi connectivity index (χ1) is 8.08. The normalized spacial score (nSPS) is 36.9. The lowest BCUT2D eigenvalue weighted by Gasteiger charge is -2.40. The van der Waals surface area contributed by atoms with E-state index >= 15 is 0 Å². The number of halogens is 1. The van der Waals surface area contributed by atoms with Gasteiger partial charge >= 0.3 is 0 Å². The van der Waals surface area contributed by atoms with Gasteiger partial charge in [-0.1, -0.05) is 13.3 Å². The van der Waals surface area contributed by atoms with Gasteiger partial charge in [0.15, 0.2) is 0 Å². The average molecular weight is 275 g/mol. The molecule has 1 aliphatic heterocycles. The smallest absolute Gasteiger partial charge is 0.225 e. The highest BCUT2D eigenvalue weighted by Gasteiger charge is 2.33. The number of likely N-dealkylation sites (tertiary alicyclic amines) is 1. The van der Waals surface area contributed by atoms with Crippen LogP contribution in [0.5, 0.6) is 0 Å². The molecule has 106 valence electrons. The van der Waals surface area contributed by atoms with Crippen molar-refractivity contribution in [2.24, 2.45) is 17.6 Å². The molecule has 0 spiro atoms. The Morgan fingerprint density at radius 2 is 1.89 bits per heavy atom. The highest BCUT2D eigenvalue weighted by atomic mass is 35.5. The van der Waals surface area contributed by atoms with Crippen LogP contribution in [-0.4, -0.2) is 29.4 Å². The zero-order valence-corrected chi connectivity index (χ0v) is 12.4. The van der Waals surface area contributed by atoms with E-state index in [0.29, 0.717) is 17.9 Å². The standard InChI is InChI=1S/C14H26N2O.ClH/c1-10-6-7-11(2)16(9-10)14(17)12-4-3-5-13(15)8-12;/h10-13H,3-9,15H2,1-2H3;1H. The quantitative estimate of drug-likeness (QED) is 0.799. The number of rotatable bonds is 1. The van der Waals surface area contributed by atoms with Crippen molar-refractivity contribution >= 4 is 18.3 Å². The Morgan fingerprint density at radius 1 is 1.17 bits per heavy atom. The van der Waals surface area contributed by atoms with Gasteiger partial charge in [0.1, 0.15) is 0 Å². The monoisotopic (exact) mass is 274 g/mol. The number of amides is 1. The molecule has 1 heterocycles. The maximum atomic E-state index is 12.5. The predicted molar refractivity (Wildman–Crippen MR) is 76.8 cm³/mol. The molecule has 2 fully saturated rings. The van der Waals surface area contributed by atoms with E-state index in [1.165, 1.54) is 6.42 Å². The molecule has 0 aromatic rings. The molecular formula is C14H27ClN2O. The van der Waals surface area contributed by atoms with Gasteiger partial charge in [-0.25, -0.2) is 0 Å². The Bertz CT molecular complexity index is 285. The summed E-state index contributed by atoms with van der Waals surface area (Å²) in [6.07, 6.45) is 6.58. The molecule has 18 heavy (non-hydrogen) atoms. The minimum absolute atomic E-state index is 0. The number of hydrogen-bond donors (Lipinski definition) is 1. The summed E-state index contributed by atoms with van der Waals surface area (Å²) < 4.78 is 0. The second-order valence-electron chi connectivity index (χ2n) is 6.15. The molecule has 4 heteroatoms. The van der Waals surface area contributed by atoms with E-state index in [-0.39, 0.29) is 24.4 Å². The molecule has 1 saturated heterocycles. The molecule has 1 aliphatic carbocycles. The van der Waals surface area contributed by atoms with Crippen LogP contribution < -0.4 is 5.73 Å². The summed E-state index contributed by atoms with van der Waals surface area (Å²) in [6, 6.07) is 0.673. The Balaban J connectivity index is 0.00000162. The third kappa shape index (κ3) is 3.61. The third-order valence-corrected chi connectivity index (χ3v) is 4.46. The van der Waals surface area contributed by atoms with E-state index in [4.69, 9.17) is 5.73 Å². The lowest BCUT2D eigenvalue weighted by molar-refractivity contribution is -0.141. The zero-order valence-electron chi connectivity index (χ0n) is 11.6. The molecule has 0 aromatic carbocycles. The zero-order chi connectivity index (χ0) is 12.4. The van der Waals surface area contributed by atoms with Crippen molar-refractivity contribution in [3.05, 3.63) is 0 Å². The van der Waals surface area contributed by atoms with E-state index in [2.05, 4.69) is 18.7 Å². The van der Waals surface area contributed by atoms with Crippen LogP contribution >= 0.6 is 12.4 Å². The summed E-state index contributed by atoms with van der Waals surface area (Å²) >= 11 is 0. The highest BCUT2D eigenvalue weighted by Crippen LogP contribution is 2.29. The number of carbonyl (C=O) groups is 1. The van der Waals surface area contributed by atoms with Gasteiger partial charge in [-0.15, -0.1) is 12.4 Å². The molecule has 2 rings (SSSR count). The molecular weight excluding hydrogens is 248 g/mol. The van der Waals surface area contributed by atoms with Crippen LogP contribution in [0, 0.1) is 11.8 Å². The molecule has 2 aliphatic rings. The summed E-state index contributed by atoms with van der Waals surface area (Å²) in [5, 5.41) is 0. The lowest BCUT2D eigenvalue weighted by atomic mass is 9.84. The number of carbonyl (C=O) groups excluding carboxylic acids is 1. The van der Waals surface area contributed by atoms with E-state index in [1.54, 1.807) is 0 Å². The van der Waals surface area contributed by atoms with Crippen LogP contribution in [0.2, 0.25) is 0 Å². The molecule has 2 N–H and O–H groups in total. The van der Waals surface area contributed by atoms with Crippen molar-refractivity contribution in [3.8, 4) is 0 Å². The van der Waals surface area contributed by atoms with Crippen LogP contribution in [0.4, 0.5) is 0 Å². The second kappa shape index (κ2) is 6.76. The van der Waals surface area contributed by atoms with Crippen LogP contribution in [0.15, 0.2) is 0 Å². The predicted octanol–water partition coefficient (Wildman–Crippen LogP) is 2.57. The van der Waals surface area contributed by atoms with Gasteiger partial charge in [0, 0.05) is 24.5 Å². The fourth-order valence-electron chi connectivity index (χ4n) is 3.28. The molecule has 0 bridgehead atoms. The summed E-state index contributed by atoms with van der Waals surface area (Å²) in [5.41, 5.74) is 5.98. The Hall–Kier alpha value is -0.280. The highest BCUT2D eigenvalue weighted by molar-refractivity contribution is 5.85. The van der Waals surface area contributed by atoms with Crippen LogP contribution in [0.25, 0.3) is 0 Å². The van der Waals surface area contributed by atoms with Gasteiger partial charge in [0.05, 0.1) is 0 Å².